The van der Waals surface area contributed by atoms with Gasteiger partial charge in [-0.1, -0.05) is 31.7 Å². The number of thiophene rings is 1. The van der Waals surface area contributed by atoms with E-state index in [0.717, 1.165) is 10.3 Å². The van der Waals surface area contributed by atoms with Gasteiger partial charge in [-0.15, -0.1) is 11.3 Å². The number of ether oxygens (including phenoxy) is 1. The molecule has 4 atom stereocenters. The number of halogens is 1. The molecule has 1 aliphatic heterocycles. The van der Waals surface area contributed by atoms with Crippen molar-refractivity contribution in [2.75, 3.05) is 6.61 Å². The number of fused-ring (bicyclic) bond motifs is 1. The van der Waals surface area contributed by atoms with E-state index in [-0.39, 0.29) is 30.6 Å². The van der Waals surface area contributed by atoms with Gasteiger partial charge in [0.15, 0.2) is 0 Å². The van der Waals surface area contributed by atoms with Crippen LogP contribution in [0.4, 0.5) is 4.39 Å². The molecule has 1 fully saturated rings. The van der Waals surface area contributed by atoms with Crippen LogP contribution in [0.3, 0.4) is 0 Å². The van der Waals surface area contributed by atoms with E-state index in [2.05, 4.69) is 24.8 Å². The molecule has 1 aromatic carbocycles. The molecule has 0 saturated carbocycles. The Labute approximate surface area is 157 Å². The van der Waals surface area contributed by atoms with E-state index in [9.17, 15) is 14.6 Å². The Kier molecular flexibility index (Phi) is 6.24. The number of hydrogen-bond donors (Lipinski definition) is 2. The van der Waals surface area contributed by atoms with Crippen molar-refractivity contribution >= 4 is 21.4 Å². The molecule has 0 spiro atoms. The molecule has 3 nitrogen and oxygen atoms in total. The first-order valence-electron chi connectivity index (χ1n) is 8.93. The second-order valence-electron chi connectivity index (χ2n) is 7.01. The average Bonchev–Trinajstić information content (AvgIpc) is 3.03. The quantitative estimate of drug-likeness (QED) is 0.735. The molecule has 26 heavy (non-hydrogen) atoms. The number of benzene rings is 1. The van der Waals surface area contributed by atoms with Gasteiger partial charge in [0.2, 0.25) is 0 Å². The zero-order valence-electron chi connectivity index (χ0n) is 14.9. The molecule has 0 bridgehead atoms. The van der Waals surface area contributed by atoms with E-state index in [1.165, 1.54) is 10.8 Å². The van der Waals surface area contributed by atoms with Gasteiger partial charge in [0, 0.05) is 34.8 Å². The summed E-state index contributed by atoms with van der Waals surface area (Å²) in [5, 5.41) is 20.3. The zero-order chi connectivity index (χ0) is 18.7. The van der Waals surface area contributed by atoms with Crippen LogP contribution in [0, 0.1) is 5.92 Å². The molecule has 1 saturated heterocycles. The smallest absolute Gasteiger partial charge is 0.122 e. The largest absolute Gasteiger partial charge is 0.394 e. The van der Waals surface area contributed by atoms with Gasteiger partial charge >= 0.3 is 0 Å². The maximum Gasteiger partial charge on any atom is 0.122 e. The van der Waals surface area contributed by atoms with Crippen molar-refractivity contribution in [3.8, 4) is 0 Å². The molecule has 2 N–H and O–H groups in total. The average molecular weight is 376 g/mol. The van der Waals surface area contributed by atoms with Crippen LogP contribution in [-0.4, -0.2) is 35.1 Å². The van der Waals surface area contributed by atoms with Gasteiger partial charge in [-0.2, -0.15) is 0 Å². The second kappa shape index (κ2) is 8.44. The lowest BCUT2D eigenvalue weighted by Crippen LogP contribution is -2.40. The minimum atomic E-state index is -0.522. The summed E-state index contributed by atoms with van der Waals surface area (Å²) < 4.78 is 21.6. The van der Waals surface area contributed by atoms with Crippen LogP contribution < -0.4 is 0 Å². The Hall–Kier alpha value is -1.53. The molecule has 5 heteroatoms. The van der Waals surface area contributed by atoms with E-state index >= 15 is 0 Å². The highest BCUT2D eigenvalue weighted by Crippen LogP contribution is 2.30. The fraction of sp³-hybridized carbons (Fsp3) is 0.429. The predicted molar refractivity (Wildman–Crippen MR) is 104 cm³/mol. The first kappa shape index (κ1) is 19.2. The zero-order valence-corrected chi connectivity index (χ0v) is 15.7. The lowest BCUT2D eigenvalue weighted by Gasteiger charge is -2.34. The third kappa shape index (κ3) is 4.60. The molecule has 2 aromatic rings. The molecule has 2 unspecified atom stereocenters. The van der Waals surface area contributed by atoms with E-state index in [1.54, 1.807) is 11.3 Å². The second-order valence-corrected chi connectivity index (χ2v) is 8.18. The first-order valence-corrected chi connectivity index (χ1v) is 9.75. The number of aliphatic hydroxyl groups excluding tert-OH is 2. The van der Waals surface area contributed by atoms with Gasteiger partial charge < -0.3 is 14.9 Å². The van der Waals surface area contributed by atoms with Crippen LogP contribution in [0.5, 0.6) is 0 Å². The lowest BCUT2D eigenvalue weighted by molar-refractivity contribution is -0.122. The lowest BCUT2D eigenvalue weighted by atomic mass is 9.92. The van der Waals surface area contributed by atoms with Crippen LogP contribution in [-0.2, 0) is 11.2 Å². The standard InChI is InChI=1S/C21H25FO3S/c1-13(7-18-9-15-5-3-4-6-21(15)26-18)19(22)8-14(2)20-11-16(24)10-17(12-23)25-20/h3-6,8-9,14,16-17,20,23-24H,1,7,10-12H2,2H3/b19-8+/t14?,16-,17-,20?/m0/s1. The maximum atomic E-state index is 14.6. The van der Waals surface area contributed by atoms with Crippen molar-refractivity contribution in [1.29, 1.82) is 0 Å². The molecule has 140 valence electrons. The number of aliphatic hydroxyl groups is 2. The minimum Gasteiger partial charge on any atom is -0.394 e. The molecule has 1 aromatic heterocycles. The normalized spacial score (nSPS) is 25.4. The summed E-state index contributed by atoms with van der Waals surface area (Å²) >= 11 is 1.65. The number of hydrogen-bond acceptors (Lipinski definition) is 4. The minimum absolute atomic E-state index is 0.134. The number of allylic oxidation sites excluding steroid dienone is 2. The van der Waals surface area contributed by atoms with Gasteiger partial charge in [0.05, 0.1) is 24.9 Å². The summed E-state index contributed by atoms with van der Waals surface area (Å²) in [6.45, 7) is 5.63. The predicted octanol–water partition coefficient (Wildman–Crippen LogP) is 4.39. The molecule has 2 heterocycles. The SMILES string of the molecule is C=C(Cc1cc2ccccc2s1)/C(F)=C\C(C)C1C[C@@H](O)C[C@@H](CO)O1. The van der Waals surface area contributed by atoms with Gasteiger partial charge in [-0.05, 0) is 29.2 Å². The summed E-state index contributed by atoms with van der Waals surface area (Å²) in [7, 11) is 0. The van der Waals surface area contributed by atoms with Crippen LogP contribution in [0.25, 0.3) is 10.1 Å². The highest BCUT2D eigenvalue weighted by atomic mass is 32.1. The fourth-order valence-corrected chi connectivity index (χ4v) is 4.46. The topological polar surface area (TPSA) is 49.7 Å². The van der Waals surface area contributed by atoms with Gasteiger partial charge in [-0.25, -0.2) is 4.39 Å². The van der Waals surface area contributed by atoms with Crippen LogP contribution in [0.1, 0.15) is 24.6 Å². The highest BCUT2D eigenvalue weighted by molar-refractivity contribution is 7.19. The maximum absolute atomic E-state index is 14.6. The molecule has 0 radical (unpaired) electrons. The summed E-state index contributed by atoms with van der Waals surface area (Å²) in [6.07, 6.45) is 1.65. The van der Waals surface area contributed by atoms with Crippen molar-refractivity contribution in [2.24, 2.45) is 5.92 Å². The van der Waals surface area contributed by atoms with Crippen LogP contribution >= 0.6 is 11.3 Å². The Morgan fingerprint density at radius 2 is 2.19 bits per heavy atom. The summed E-state index contributed by atoms with van der Waals surface area (Å²) in [6, 6.07) is 10.2. The van der Waals surface area contributed by atoms with Crippen molar-refractivity contribution in [1.82, 2.24) is 0 Å². The summed E-state index contributed by atoms with van der Waals surface area (Å²) in [4.78, 5) is 1.08. The van der Waals surface area contributed by atoms with E-state index < -0.39 is 6.10 Å². The first-order chi connectivity index (χ1) is 12.5. The Morgan fingerprint density at radius 3 is 2.92 bits per heavy atom. The highest BCUT2D eigenvalue weighted by Gasteiger charge is 2.31. The van der Waals surface area contributed by atoms with Crippen LogP contribution in [0.2, 0.25) is 0 Å². The van der Waals surface area contributed by atoms with Crippen molar-refractivity contribution in [3.63, 3.8) is 0 Å². The number of rotatable bonds is 6. The Bertz CT molecular complexity index is 764. The van der Waals surface area contributed by atoms with Gasteiger partial charge in [0.1, 0.15) is 5.83 Å². The van der Waals surface area contributed by atoms with Crippen molar-refractivity contribution in [2.45, 2.75) is 44.5 Å². The van der Waals surface area contributed by atoms with E-state index in [0.29, 0.717) is 24.8 Å². The fourth-order valence-electron chi connectivity index (χ4n) is 3.36. The Morgan fingerprint density at radius 1 is 1.42 bits per heavy atom. The Balaban J connectivity index is 1.64. The van der Waals surface area contributed by atoms with E-state index in [4.69, 9.17) is 4.74 Å². The molecule has 3 rings (SSSR count). The third-order valence-corrected chi connectivity index (χ3v) is 5.92. The van der Waals surface area contributed by atoms with E-state index in [1.807, 2.05) is 19.1 Å². The van der Waals surface area contributed by atoms with Crippen LogP contribution in [0.15, 0.2) is 54.4 Å². The monoisotopic (exact) mass is 376 g/mol. The van der Waals surface area contributed by atoms with Crippen molar-refractivity contribution < 1.29 is 19.3 Å². The summed E-state index contributed by atoms with van der Waals surface area (Å²) in [5.74, 6) is -0.544. The van der Waals surface area contributed by atoms with Crippen molar-refractivity contribution in [3.05, 3.63) is 59.3 Å². The molecule has 1 aliphatic rings. The molecule has 0 aliphatic carbocycles. The molecule has 0 amide bonds. The van der Waals surface area contributed by atoms with Gasteiger partial charge in [-0.3, -0.25) is 0 Å². The summed E-state index contributed by atoms with van der Waals surface area (Å²) in [5.41, 5.74) is 0.443. The molecular weight excluding hydrogens is 351 g/mol. The third-order valence-electron chi connectivity index (χ3n) is 4.81. The van der Waals surface area contributed by atoms with Gasteiger partial charge in [0.25, 0.3) is 0 Å². The molecular formula is C21H25FO3S.